The molecule has 1 saturated heterocycles. The van der Waals surface area contributed by atoms with Crippen molar-refractivity contribution in [2.24, 2.45) is 0 Å². The van der Waals surface area contributed by atoms with Gasteiger partial charge in [-0.2, -0.15) is 0 Å². The molecule has 4 rings (SSSR count). The minimum Gasteiger partial charge on any atom is -0.336 e. The summed E-state index contributed by atoms with van der Waals surface area (Å²) in [6, 6.07) is 15.8. The van der Waals surface area contributed by atoms with E-state index >= 15 is 0 Å². The van der Waals surface area contributed by atoms with E-state index in [1.165, 1.54) is 17.0 Å². The predicted molar refractivity (Wildman–Crippen MR) is 99.0 cm³/mol. The Morgan fingerprint density at radius 1 is 0.926 bits per heavy atom. The second-order valence-electron chi connectivity index (χ2n) is 6.47. The minimum absolute atomic E-state index is 0.0806. The zero-order chi connectivity index (χ0) is 19.0. The van der Waals surface area contributed by atoms with Crippen molar-refractivity contribution >= 4 is 15.7 Å². The summed E-state index contributed by atoms with van der Waals surface area (Å²) in [6.07, 6.45) is 3.83. The second kappa shape index (κ2) is 6.66. The molecule has 0 spiro atoms. The number of hydrogen-bond acceptors (Lipinski definition) is 3. The molecule has 1 aliphatic heterocycles. The molecule has 1 fully saturated rings. The van der Waals surface area contributed by atoms with Crippen LogP contribution in [0.2, 0.25) is 0 Å². The van der Waals surface area contributed by atoms with E-state index in [0.29, 0.717) is 5.56 Å². The first-order chi connectivity index (χ1) is 12.9. The van der Waals surface area contributed by atoms with E-state index in [2.05, 4.69) is 0 Å². The van der Waals surface area contributed by atoms with Crippen LogP contribution in [0.3, 0.4) is 0 Å². The fourth-order valence-corrected chi connectivity index (χ4v) is 4.74. The summed E-state index contributed by atoms with van der Waals surface area (Å²) in [5.41, 5.74) is 1.46. The van der Waals surface area contributed by atoms with Crippen molar-refractivity contribution in [3.63, 3.8) is 0 Å². The van der Waals surface area contributed by atoms with E-state index in [9.17, 15) is 17.6 Å². The van der Waals surface area contributed by atoms with E-state index < -0.39 is 20.9 Å². The van der Waals surface area contributed by atoms with Crippen LogP contribution in [0.4, 0.5) is 4.39 Å². The van der Waals surface area contributed by atoms with Gasteiger partial charge in [0.2, 0.25) is 0 Å². The monoisotopic (exact) mass is 384 g/mol. The molecule has 0 saturated carbocycles. The highest BCUT2D eigenvalue weighted by Gasteiger charge is 2.40. The van der Waals surface area contributed by atoms with Gasteiger partial charge in [0.15, 0.2) is 9.84 Å². The highest BCUT2D eigenvalue weighted by molar-refractivity contribution is 7.92. The number of rotatable bonds is 4. The lowest BCUT2D eigenvalue weighted by Gasteiger charge is -2.38. The van der Waals surface area contributed by atoms with Crippen LogP contribution in [0.5, 0.6) is 0 Å². The predicted octanol–water partition coefficient (Wildman–Crippen LogP) is 2.91. The zero-order valence-electron chi connectivity index (χ0n) is 14.3. The first kappa shape index (κ1) is 17.5. The van der Waals surface area contributed by atoms with Gasteiger partial charge in [-0.1, -0.05) is 0 Å². The molecule has 5 nitrogen and oxygen atoms in total. The highest BCUT2D eigenvalue weighted by atomic mass is 32.2. The van der Waals surface area contributed by atoms with Crippen LogP contribution in [0, 0.1) is 5.82 Å². The van der Waals surface area contributed by atoms with Gasteiger partial charge >= 0.3 is 0 Å². The molecular formula is C20H17FN2O3S. The Labute approximate surface area is 156 Å². The third-order valence-corrected chi connectivity index (χ3v) is 6.84. The fraction of sp³-hybridized carbons (Fsp3) is 0.150. The Hall–Kier alpha value is -2.93. The number of benzene rings is 2. The van der Waals surface area contributed by atoms with Gasteiger partial charge in [-0.05, 0) is 60.7 Å². The Morgan fingerprint density at radius 3 is 2.11 bits per heavy atom. The molecule has 0 radical (unpaired) electrons. The van der Waals surface area contributed by atoms with Gasteiger partial charge < -0.3 is 9.47 Å². The van der Waals surface area contributed by atoms with Crippen molar-refractivity contribution in [1.29, 1.82) is 0 Å². The Morgan fingerprint density at radius 2 is 1.52 bits per heavy atom. The number of carbonyl (C=O) groups is 1. The number of carbonyl (C=O) groups excluding carboxylic acids is 1. The van der Waals surface area contributed by atoms with Crippen LogP contribution < -0.4 is 0 Å². The maximum atomic E-state index is 13.0. The molecule has 138 valence electrons. The Balaban J connectivity index is 1.43. The summed E-state index contributed by atoms with van der Waals surface area (Å²) in [6.45, 7) is 0.274. The maximum absolute atomic E-state index is 13.0. The molecular weight excluding hydrogens is 367 g/mol. The molecule has 0 N–H and O–H groups in total. The normalized spacial score (nSPS) is 14.8. The van der Waals surface area contributed by atoms with Crippen LogP contribution in [0.1, 0.15) is 10.4 Å². The first-order valence-corrected chi connectivity index (χ1v) is 10.0. The number of aromatic nitrogens is 1. The second-order valence-corrected chi connectivity index (χ2v) is 8.70. The SMILES string of the molecule is O=C(c1ccc(-n2cccc2)cc1)N1CC(S(=O)(=O)c2ccc(F)cc2)C1. The summed E-state index contributed by atoms with van der Waals surface area (Å²) in [5, 5.41) is -0.661. The summed E-state index contributed by atoms with van der Waals surface area (Å²) in [4.78, 5) is 14.1. The van der Waals surface area contributed by atoms with Crippen LogP contribution in [-0.4, -0.2) is 42.1 Å². The van der Waals surface area contributed by atoms with Crippen LogP contribution in [-0.2, 0) is 9.84 Å². The quantitative estimate of drug-likeness (QED) is 0.650. The van der Waals surface area contributed by atoms with E-state index in [4.69, 9.17) is 0 Å². The lowest BCUT2D eigenvalue weighted by atomic mass is 10.1. The average molecular weight is 384 g/mol. The maximum Gasteiger partial charge on any atom is 0.253 e. The molecule has 2 aromatic carbocycles. The van der Waals surface area contributed by atoms with Crippen molar-refractivity contribution in [1.82, 2.24) is 9.47 Å². The van der Waals surface area contributed by atoms with E-state index in [0.717, 1.165) is 17.8 Å². The molecule has 0 unspecified atom stereocenters. The zero-order valence-corrected chi connectivity index (χ0v) is 15.1. The van der Waals surface area contributed by atoms with Crippen LogP contribution in [0.25, 0.3) is 5.69 Å². The van der Waals surface area contributed by atoms with Crippen molar-refractivity contribution in [3.8, 4) is 5.69 Å². The van der Waals surface area contributed by atoms with Crippen LogP contribution >= 0.6 is 0 Å². The number of hydrogen-bond donors (Lipinski definition) is 0. The van der Waals surface area contributed by atoms with Crippen molar-refractivity contribution < 1.29 is 17.6 Å². The molecule has 0 atom stereocenters. The standard InChI is InChI=1S/C20H17FN2O3S/c21-16-5-9-18(10-6-16)27(25,26)19-13-23(14-19)20(24)15-3-7-17(8-4-15)22-11-1-2-12-22/h1-12,19H,13-14H2. The molecule has 27 heavy (non-hydrogen) atoms. The molecule has 1 aliphatic rings. The summed E-state index contributed by atoms with van der Waals surface area (Å²) >= 11 is 0. The largest absolute Gasteiger partial charge is 0.336 e. The smallest absolute Gasteiger partial charge is 0.253 e. The summed E-state index contributed by atoms with van der Waals surface area (Å²) in [5.74, 6) is -0.678. The molecule has 0 bridgehead atoms. The third-order valence-electron chi connectivity index (χ3n) is 4.73. The summed E-state index contributed by atoms with van der Waals surface area (Å²) < 4.78 is 40.0. The van der Waals surface area contributed by atoms with E-state index in [1.807, 2.05) is 41.2 Å². The number of nitrogens with zero attached hydrogens (tertiary/aromatic N) is 2. The van der Waals surface area contributed by atoms with Gasteiger partial charge in [0, 0.05) is 36.7 Å². The molecule has 7 heteroatoms. The highest BCUT2D eigenvalue weighted by Crippen LogP contribution is 2.25. The first-order valence-electron chi connectivity index (χ1n) is 8.47. The minimum atomic E-state index is -3.57. The molecule has 0 aliphatic carbocycles. The molecule has 2 heterocycles. The third kappa shape index (κ3) is 3.26. The summed E-state index contributed by atoms with van der Waals surface area (Å²) in [7, 11) is -3.57. The topological polar surface area (TPSA) is 59.4 Å². The van der Waals surface area contributed by atoms with Gasteiger partial charge in [-0.15, -0.1) is 0 Å². The molecule has 1 amide bonds. The Kier molecular flexibility index (Phi) is 4.31. The van der Waals surface area contributed by atoms with E-state index in [1.54, 1.807) is 12.1 Å². The van der Waals surface area contributed by atoms with Gasteiger partial charge in [0.05, 0.1) is 4.90 Å². The van der Waals surface area contributed by atoms with Gasteiger partial charge in [-0.3, -0.25) is 4.79 Å². The van der Waals surface area contributed by atoms with Crippen molar-refractivity contribution in [2.45, 2.75) is 10.1 Å². The number of halogens is 1. The Bertz CT molecular complexity index is 1050. The lowest BCUT2D eigenvalue weighted by molar-refractivity contribution is 0.0659. The van der Waals surface area contributed by atoms with E-state index in [-0.39, 0.29) is 23.9 Å². The van der Waals surface area contributed by atoms with Gasteiger partial charge in [0.1, 0.15) is 11.1 Å². The van der Waals surface area contributed by atoms with Crippen molar-refractivity contribution in [3.05, 3.63) is 84.4 Å². The molecule has 3 aromatic rings. The van der Waals surface area contributed by atoms with Gasteiger partial charge in [-0.25, -0.2) is 12.8 Å². The fourth-order valence-electron chi connectivity index (χ4n) is 3.08. The molecule has 1 aromatic heterocycles. The number of likely N-dealkylation sites (tertiary alicyclic amines) is 1. The van der Waals surface area contributed by atoms with Gasteiger partial charge in [0.25, 0.3) is 5.91 Å². The average Bonchev–Trinajstić information content (AvgIpc) is 3.15. The number of amides is 1. The van der Waals surface area contributed by atoms with Crippen LogP contribution in [0.15, 0.2) is 78.0 Å². The lowest BCUT2D eigenvalue weighted by Crippen LogP contribution is -2.56. The number of sulfone groups is 1. The van der Waals surface area contributed by atoms with Crippen molar-refractivity contribution in [2.75, 3.05) is 13.1 Å².